The fourth-order valence-electron chi connectivity index (χ4n) is 6.70. The molecule has 7 heteroatoms. The molecule has 2 saturated heterocycles. The number of urea groups is 1. The number of hydrogen-bond acceptors (Lipinski definition) is 4. The van der Waals surface area contributed by atoms with Crippen molar-refractivity contribution in [3.05, 3.63) is 0 Å². The lowest BCUT2D eigenvalue weighted by Gasteiger charge is -2.37. The van der Waals surface area contributed by atoms with Gasteiger partial charge in [0.2, 0.25) is 5.91 Å². The Balaban J connectivity index is 1.41. The SMILES string of the molecule is CNC(=O)N1C[C@@H]2CC(CC3CCCCC3)(NCC(=O)N3CCC[C@H]3C#N)C[C@@H]2C1. The molecule has 4 fully saturated rings. The van der Waals surface area contributed by atoms with Gasteiger partial charge in [-0.05, 0) is 49.9 Å². The monoisotopic (exact) mass is 415 g/mol. The Morgan fingerprint density at radius 3 is 2.40 bits per heavy atom. The molecule has 2 aliphatic carbocycles. The molecule has 0 spiro atoms. The van der Waals surface area contributed by atoms with Crippen LogP contribution in [0, 0.1) is 29.1 Å². The van der Waals surface area contributed by atoms with E-state index >= 15 is 0 Å². The lowest BCUT2D eigenvalue weighted by molar-refractivity contribution is -0.130. The third kappa shape index (κ3) is 4.44. The number of carbonyl (C=O) groups excluding carboxylic acids is 2. The van der Waals surface area contributed by atoms with Crippen molar-refractivity contribution in [2.24, 2.45) is 17.8 Å². The van der Waals surface area contributed by atoms with Crippen LogP contribution in [0.3, 0.4) is 0 Å². The number of nitriles is 1. The summed E-state index contributed by atoms with van der Waals surface area (Å²) >= 11 is 0. The summed E-state index contributed by atoms with van der Waals surface area (Å²) in [5, 5.41) is 15.8. The molecule has 4 aliphatic rings. The van der Waals surface area contributed by atoms with Crippen LogP contribution in [0.1, 0.15) is 64.2 Å². The summed E-state index contributed by atoms with van der Waals surface area (Å²) in [6.45, 7) is 2.70. The Bertz CT molecular complexity index is 670. The maximum atomic E-state index is 12.9. The zero-order chi connectivity index (χ0) is 21.1. The summed E-state index contributed by atoms with van der Waals surface area (Å²) in [6, 6.07) is 2.06. The number of hydrogen-bond donors (Lipinski definition) is 2. The summed E-state index contributed by atoms with van der Waals surface area (Å²) in [5.41, 5.74) is 0.00362. The minimum Gasteiger partial charge on any atom is -0.341 e. The summed E-state index contributed by atoms with van der Waals surface area (Å²) < 4.78 is 0. The van der Waals surface area contributed by atoms with Gasteiger partial charge in [0.15, 0.2) is 0 Å². The van der Waals surface area contributed by atoms with Gasteiger partial charge in [-0.2, -0.15) is 5.26 Å². The number of likely N-dealkylation sites (tertiary alicyclic amines) is 2. The van der Waals surface area contributed by atoms with E-state index in [1.165, 1.54) is 32.1 Å². The van der Waals surface area contributed by atoms with Crippen LogP contribution in [-0.2, 0) is 4.79 Å². The quantitative estimate of drug-likeness (QED) is 0.722. The van der Waals surface area contributed by atoms with E-state index in [-0.39, 0.29) is 23.5 Å². The Labute approximate surface area is 180 Å². The maximum absolute atomic E-state index is 12.9. The average molecular weight is 416 g/mol. The van der Waals surface area contributed by atoms with Gasteiger partial charge in [-0.3, -0.25) is 4.79 Å². The highest BCUT2D eigenvalue weighted by atomic mass is 16.2. The maximum Gasteiger partial charge on any atom is 0.317 e. The van der Waals surface area contributed by atoms with Crippen LogP contribution in [0.5, 0.6) is 0 Å². The molecular weight excluding hydrogens is 378 g/mol. The molecule has 166 valence electrons. The van der Waals surface area contributed by atoms with Crippen molar-refractivity contribution in [1.29, 1.82) is 5.26 Å². The number of amides is 3. The van der Waals surface area contributed by atoms with E-state index in [0.29, 0.717) is 24.9 Å². The zero-order valence-corrected chi connectivity index (χ0v) is 18.4. The molecule has 3 amide bonds. The average Bonchev–Trinajstić information content (AvgIpc) is 3.46. The van der Waals surface area contributed by atoms with Crippen LogP contribution in [-0.4, -0.2) is 66.5 Å². The first kappa shape index (κ1) is 21.4. The second-order valence-electron chi connectivity index (χ2n) is 10.1. The zero-order valence-electron chi connectivity index (χ0n) is 18.4. The largest absolute Gasteiger partial charge is 0.341 e. The fourth-order valence-corrected chi connectivity index (χ4v) is 6.70. The third-order valence-electron chi connectivity index (χ3n) is 8.12. The summed E-state index contributed by atoms with van der Waals surface area (Å²) in [4.78, 5) is 28.7. The Morgan fingerprint density at radius 2 is 1.77 bits per heavy atom. The predicted octanol–water partition coefficient (Wildman–Crippen LogP) is 2.48. The topological polar surface area (TPSA) is 88.5 Å². The lowest BCUT2D eigenvalue weighted by atomic mass is 9.77. The smallest absolute Gasteiger partial charge is 0.317 e. The first-order chi connectivity index (χ1) is 14.5. The van der Waals surface area contributed by atoms with Crippen molar-refractivity contribution in [2.45, 2.75) is 75.8 Å². The van der Waals surface area contributed by atoms with Crippen molar-refractivity contribution in [1.82, 2.24) is 20.4 Å². The van der Waals surface area contributed by atoms with E-state index in [1.807, 2.05) is 4.90 Å². The molecule has 4 rings (SSSR count). The second kappa shape index (κ2) is 9.13. The molecule has 7 nitrogen and oxygen atoms in total. The lowest BCUT2D eigenvalue weighted by Crippen LogP contribution is -2.51. The first-order valence-corrected chi connectivity index (χ1v) is 11.9. The van der Waals surface area contributed by atoms with Crippen LogP contribution in [0.25, 0.3) is 0 Å². The third-order valence-corrected chi connectivity index (χ3v) is 8.12. The minimum atomic E-state index is -0.252. The van der Waals surface area contributed by atoms with Gasteiger partial charge < -0.3 is 20.4 Å². The highest BCUT2D eigenvalue weighted by Gasteiger charge is 2.50. The van der Waals surface area contributed by atoms with E-state index < -0.39 is 0 Å². The Kier molecular flexibility index (Phi) is 6.52. The van der Waals surface area contributed by atoms with Crippen molar-refractivity contribution in [3.63, 3.8) is 0 Å². The highest BCUT2D eigenvalue weighted by Crippen LogP contribution is 2.48. The van der Waals surface area contributed by atoms with Crippen LogP contribution < -0.4 is 10.6 Å². The molecule has 4 atom stereocenters. The van der Waals surface area contributed by atoms with Crippen molar-refractivity contribution >= 4 is 11.9 Å². The minimum absolute atomic E-state index is 0.00362. The molecule has 0 radical (unpaired) electrons. The number of nitrogens with one attached hydrogen (secondary N) is 2. The van der Waals surface area contributed by atoms with Crippen LogP contribution in [0.2, 0.25) is 0 Å². The molecule has 30 heavy (non-hydrogen) atoms. The molecule has 0 bridgehead atoms. The van der Waals surface area contributed by atoms with Crippen LogP contribution >= 0.6 is 0 Å². The van der Waals surface area contributed by atoms with Gasteiger partial charge in [-0.15, -0.1) is 0 Å². The van der Waals surface area contributed by atoms with Gasteiger partial charge in [0.05, 0.1) is 12.6 Å². The van der Waals surface area contributed by atoms with Crippen molar-refractivity contribution in [3.8, 4) is 6.07 Å². The van der Waals surface area contributed by atoms with E-state index in [9.17, 15) is 14.9 Å². The summed E-state index contributed by atoms with van der Waals surface area (Å²) in [6.07, 6.45) is 11.6. The van der Waals surface area contributed by atoms with Crippen molar-refractivity contribution < 1.29 is 9.59 Å². The molecule has 0 aromatic carbocycles. The number of nitrogens with zero attached hydrogens (tertiary/aromatic N) is 3. The van der Waals surface area contributed by atoms with Crippen LogP contribution in [0.4, 0.5) is 4.79 Å². The highest BCUT2D eigenvalue weighted by molar-refractivity contribution is 5.79. The number of fused-ring (bicyclic) bond motifs is 1. The first-order valence-electron chi connectivity index (χ1n) is 11.9. The van der Waals surface area contributed by atoms with Gasteiger partial charge >= 0.3 is 6.03 Å². The molecule has 2 heterocycles. The van der Waals surface area contributed by atoms with E-state index in [2.05, 4.69) is 16.7 Å². The summed E-state index contributed by atoms with van der Waals surface area (Å²) in [5.74, 6) is 1.86. The molecule has 0 aromatic rings. The Hall–Kier alpha value is -1.81. The van der Waals surface area contributed by atoms with Gasteiger partial charge in [0.25, 0.3) is 0 Å². The Morgan fingerprint density at radius 1 is 1.07 bits per heavy atom. The van der Waals surface area contributed by atoms with Gasteiger partial charge in [0.1, 0.15) is 6.04 Å². The fraction of sp³-hybridized carbons (Fsp3) is 0.870. The summed E-state index contributed by atoms with van der Waals surface area (Å²) in [7, 11) is 1.70. The standard InChI is InChI=1S/C23H37N5O2/c1-25-22(30)27-15-18-11-23(12-19(18)16-27,10-17-6-3-2-4-7-17)26-14-21(29)28-9-5-8-20(28)13-24/h17-20,26H,2-12,14-16H2,1H3,(H,25,30)/t18-,19+,20-,23?/m0/s1. The van der Waals surface area contributed by atoms with Crippen molar-refractivity contribution in [2.75, 3.05) is 33.2 Å². The molecule has 1 unspecified atom stereocenters. The molecule has 2 saturated carbocycles. The van der Waals surface area contributed by atoms with E-state index in [1.54, 1.807) is 11.9 Å². The molecular formula is C23H37N5O2. The normalized spacial score (nSPS) is 34.1. The van der Waals surface area contributed by atoms with Gasteiger partial charge in [-0.1, -0.05) is 32.1 Å². The molecule has 0 aromatic heterocycles. The van der Waals surface area contributed by atoms with Gasteiger partial charge in [0, 0.05) is 32.2 Å². The molecule has 2 aliphatic heterocycles. The van der Waals surface area contributed by atoms with Crippen LogP contribution in [0.15, 0.2) is 0 Å². The predicted molar refractivity (Wildman–Crippen MR) is 115 cm³/mol. The second-order valence-corrected chi connectivity index (χ2v) is 10.1. The van der Waals surface area contributed by atoms with E-state index in [0.717, 1.165) is 51.1 Å². The van der Waals surface area contributed by atoms with E-state index in [4.69, 9.17) is 0 Å². The molecule has 2 N–H and O–H groups in total. The van der Waals surface area contributed by atoms with Gasteiger partial charge in [-0.25, -0.2) is 4.79 Å². The number of rotatable bonds is 5. The number of carbonyl (C=O) groups is 2.